The monoisotopic (exact) mass is 326 g/mol. The lowest BCUT2D eigenvalue weighted by atomic mass is 9.90. The number of hydrogen-bond acceptors (Lipinski definition) is 6. The molecule has 2 aromatic heterocycles. The van der Waals surface area contributed by atoms with Crippen LogP contribution in [-0.2, 0) is 9.53 Å². The molecule has 3 heterocycles. The summed E-state index contributed by atoms with van der Waals surface area (Å²) in [7, 11) is 1.44. The highest BCUT2D eigenvalue weighted by Crippen LogP contribution is 2.35. The number of anilines is 1. The minimum Gasteiger partial charge on any atom is -0.469 e. The van der Waals surface area contributed by atoms with Gasteiger partial charge in [-0.1, -0.05) is 0 Å². The van der Waals surface area contributed by atoms with Crippen molar-refractivity contribution in [2.24, 2.45) is 5.41 Å². The molecular formula is C18H22N4O2. The lowest BCUT2D eigenvalue weighted by molar-refractivity contribution is -0.150. The minimum absolute atomic E-state index is 0.166. The molecule has 1 atom stereocenters. The van der Waals surface area contributed by atoms with Crippen LogP contribution in [-0.4, -0.2) is 41.1 Å². The van der Waals surface area contributed by atoms with Gasteiger partial charge in [0, 0.05) is 42.3 Å². The SMILES string of the molecule is COC(=O)C1(C)CCN(c2nc(-c3cccnc3)nc(C)c2C)C1. The molecule has 0 aromatic carbocycles. The Morgan fingerprint density at radius 3 is 2.79 bits per heavy atom. The maximum absolute atomic E-state index is 12.1. The Labute approximate surface area is 141 Å². The summed E-state index contributed by atoms with van der Waals surface area (Å²) in [4.78, 5) is 27.7. The van der Waals surface area contributed by atoms with Crippen LogP contribution in [0.4, 0.5) is 5.82 Å². The molecule has 1 aliphatic rings. The molecule has 0 bridgehead atoms. The summed E-state index contributed by atoms with van der Waals surface area (Å²) in [5.74, 6) is 1.38. The van der Waals surface area contributed by atoms with E-state index < -0.39 is 5.41 Å². The summed E-state index contributed by atoms with van der Waals surface area (Å²) in [6.45, 7) is 7.32. The van der Waals surface area contributed by atoms with Gasteiger partial charge < -0.3 is 9.64 Å². The van der Waals surface area contributed by atoms with Crippen molar-refractivity contribution >= 4 is 11.8 Å². The van der Waals surface area contributed by atoms with Gasteiger partial charge in [0.25, 0.3) is 0 Å². The Hall–Kier alpha value is -2.50. The van der Waals surface area contributed by atoms with Crippen molar-refractivity contribution < 1.29 is 9.53 Å². The van der Waals surface area contributed by atoms with Gasteiger partial charge in [-0.25, -0.2) is 9.97 Å². The zero-order valence-electron chi connectivity index (χ0n) is 14.5. The van der Waals surface area contributed by atoms with Crippen LogP contribution in [0.1, 0.15) is 24.6 Å². The fraction of sp³-hybridized carbons (Fsp3) is 0.444. The standard InChI is InChI=1S/C18H22N4O2/c1-12-13(2)20-15(14-6-5-8-19-10-14)21-16(12)22-9-7-18(3,11-22)17(23)24-4/h5-6,8,10H,7,9,11H2,1-4H3. The van der Waals surface area contributed by atoms with Crippen LogP contribution in [0.5, 0.6) is 0 Å². The molecule has 2 aromatic rings. The predicted octanol–water partition coefficient (Wildman–Crippen LogP) is 2.54. The zero-order chi connectivity index (χ0) is 17.3. The second-order valence-corrected chi connectivity index (χ2v) is 6.55. The molecule has 0 N–H and O–H groups in total. The molecular weight excluding hydrogens is 304 g/mol. The van der Waals surface area contributed by atoms with E-state index in [1.165, 1.54) is 7.11 Å². The highest BCUT2D eigenvalue weighted by Gasteiger charge is 2.42. The van der Waals surface area contributed by atoms with Crippen molar-refractivity contribution in [3.63, 3.8) is 0 Å². The maximum atomic E-state index is 12.1. The van der Waals surface area contributed by atoms with E-state index in [-0.39, 0.29) is 5.97 Å². The minimum atomic E-state index is -0.492. The second-order valence-electron chi connectivity index (χ2n) is 6.55. The molecule has 1 unspecified atom stereocenters. The largest absolute Gasteiger partial charge is 0.469 e. The summed E-state index contributed by atoms with van der Waals surface area (Å²) in [5, 5.41) is 0. The van der Waals surface area contributed by atoms with E-state index in [4.69, 9.17) is 9.72 Å². The van der Waals surface area contributed by atoms with Crippen molar-refractivity contribution in [2.75, 3.05) is 25.1 Å². The number of aryl methyl sites for hydroxylation is 1. The third kappa shape index (κ3) is 2.84. The van der Waals surface area contributed by atoms with Crippen molar-refractivity contribution in [2.45, 2.75) is 27.2 Å². The van der Waals surface area contributed by atoms with Crippen molar-refractivity contribution in [1.82, 2.24) is 15.0 Å². The molecule has 0 spiro atoms. The Morgan fingerprint density at radius 2 is 2.12 bits per heavy atom. The highest BCUT2D eigenvalue weighted by molar-refractivity contribution is 5.78. The number of rotatable bonds is 3. The van der Waals surface area contributed by atoms with E-state index >= 15 is 0 Å². The van der Waals surface area contributed by atoms with Crippen LogP contribution in [0, 0.1) is 19.3 Å². The Balaban J connectivity index is 1.97. The van der Waals surface area contributed by atoms with Gasteiger partial charge in [-0.2, -0.15) is 0 Å². The molecule has 126 valence electrons. The molecule has 6 heteroatoms. The molecule has 1 fully saturated rings. The predicted molar refractivity (Wildman–Crippen MR) is 91.7 cm³/mol. The smallest absolute Gasteiger partial charge is 0.313 e. The Morgan fingerprint density at radius 1 is 1.33 bits per heavy atom. The average molecular weight is 326 g/mol. The number of esters is 1. The van der Waals surface area contributed by atoms with E-state index in [0.717, 1.165) is 35.6 Å². The molecule has 0 radical (unpaired) electrons. The Bertz CT molecular complexity index is 763. The van der Waals surface area contributed by atoms with Gasteiger partial charge in [-0.05, 0) is 39.3 Å². The first kappa shape index (κ1) is 16.4. The highest BCUT2D eigenvalue weighted by atomic mass is 16.5. The van der Waals surface area contributed by atoms with Gasteiger partial charge in [0.15, 0.2) is 5.82 Å². The normalized spacial score (nSPS) is 20.2. The van der Waals surface area contributed by atoms with Crippen LogP contribution in [0.3, 0.4) is 0 Å². The molecule has 6 nitrogen and oxygen atoms in total. The van der Waals surface area contributed by atoms with Crippen LogP contribution in [0.15, 0.2) is 24.5 Å². The number of carbonyl (C=O) groups excluding carboxylic acids is 1. The third-order valence-corrected chi connectivity index (χ3v) is 4.73. The lowest BCUT2D eigenvalue weighted by Crippen LogP contribution is -2.33. The van der Waals surface area contributed by atoms with Gasteiger partial charge >= 0.3 is 5.97 Å². The summed E-state index contributed by atoms with van der Waals surface area (Å²) in [6.07, 6.45) is 4.24. The summed E-state index contributed by atoms with van der Waals surface area (Å²) in [5.41, 5.74) is 2.37. The number of ether oxygens (including phenoxy) is 1. The number of nitrogens with zero attached hydrogens (tertiary/aromatic N) is 4. The molecule has 1 aliphatic heterocycles. The van der Waals surface area contributed by atoms with Crippen molar-refractivity contribution in [3.05, 3.63) is 35.8 Å². The quantitative estimate of drug-likeness (QED) is 0.808. The molecule has 24 heavy (non-hydrogen) atoms. The fourth-order valence-corrected chi connectivity index (χ4v) is 3.10. The molecule has 1 saturated heterocycles. The van der Waals surface area contributed by atoms with Crippen LogP contribution in [0.2, 0.25) is 0 Å². The van der Waals surface area contributed by atoms with Crippen LogP contribution >= 0.6 is 0 Å². The van der Waals surface area contributed by atoms with Gasteiger partial charge in [0.1, 0.15) is 5.82 Å². The summed E-state index contributed by atoms with van der Waals surface area (Å²) < 4.78 is 4.96. The molecule has 0 aliphatic carbocycles. The van der Waals surface area contributed by atoms with Crippen LogP contribution < -0.4 is 4.90 Å². The number of aromatic nitrogens is 3. The topological polar surface area (TPSA) is 68.2 Å². The number of hydrogen-bond donors (Lipinski definition) is 0. The van der Waals surface area contributed by atoms with E-state index in [2.05, 4.69) is 14.9 Å². The number of pyridine rings is 1. The van der Waals surface area contributed by atoms with Gasteiger partial charge in [0.2, 0.25) is 0 Å². The van der Waals surface area contributed by atoms with Crippen molar-refractivity contribution in [1.29, 1.82) is 0 Å². The molecule has 0 amide bonds. The first-order valence-electron chi connectivity index (χ1n) is 8.03. The van der Waals surface area contributed by atoms with Gasteiger partial charge in [0.05, 0.1) is 12.5 Å². The third-order valence-electron chi connectivity index (χ3n) is 4.73. The second kappa shape index (κ2) is 6.19. The molecule has 3 rings (SSSR count). The van der Waals surface area contributed by atoms with E-state index in [9.17, 15) is 4.79 Å². The van der Waals surface area contributed by atoms with Crippen molar-refractivity contribution in [3.8, 4) is 11.4 Å². The number of methoxy groups -OCH3 is 1. The van der Waals surface area contributed by atoms with Crippen LogP contribution in [0.25, 0.3) is 11.4 Å². The maximum Gasteiger partial charge on any atom is 0.313 e. The summed E-state index contributed by atoms with van der Waals surface area (Å²) >= 11 is 0. The summed E-state index contributed by atoms with van der Waals surface area (Å²) in [6, 6.07) is 3.82. The average Bonchev–Trinajstić information content (AvgIpc) is 3.00. The first-order chi connectivity index (χ1) is 11.4. The lowest BCUT2D eigenvalue weighted by Gasteiger charge is -2.24. The molecule has 0 saturated carbocycles. The van der Waals surface area contributed by atoms with E-state index in [1.807, 2.05) is 32.9 Å². The first-order valence-corrected chi connectivity index (χ1v) is 8.03. The van der Waals surface area contributed by atoms with Gasteiger partial charge in [-0.15, -0.1) is 0 Å². The van der Waals surface area contributed by atoms with Gasteiger partial charge in [-0.3, -0.25) is 9.78 Å². The number of carbonyl (C=O) groups is 1. The zero-order valence-corrected chi connectivity index (χ0v) is 14.5. The fourth-order valence-electron chi connectivity index (χ4n) is 3.10. The Kier molecular flexibility index (Phi) is 4.22. The van der Waals surface area contributed by atoms with E-state index in [0.29, 0.717) is 12.4 Å². The van der Waals surface area contributed by atoms with E-state index in [1.54, 1.807) is 12.4 Å².